The highest BCUT2D eigenvalue weighted by Gasteiger charge is 2.18. The van der Waals surface area contributed by atoms with E-state index in [9.17, 15) is 0 Å². The van der Waals surface area contributed by atoms with E-state index in [-0.39, 0.29) is 0 Å². The van der Waals surface area contributed by atoms with Crippen molar-refractivity contribution in [3.8, 4) is 0 Å². The van der Waals surface area contributed by atoms with E-state index in [0.29, 0.717) is 6.04 Å². The van der Waals surface area contributed by atoms with Crippen LogP contribution in [-0.4, -0.2) is 42.0 Å². The summed E-state index contributed by atoms with van der Waals surface area (Å²) in [6.45, 7) is 10.2. The van der Waals surface area contributed by atoms with Crippen LogP contribution in [0.3, 0.4) is 0 Å². The zero-order valence-corrected chi connectivity index (χ0v) is 9.65. The lowest BCUT2D eigenvalue weighted by Gasteiger charge is -2.36. The molecule has 0 radical (unpaired) electrons. The molecule has 1 saturated heterocycles. The van der Waals surface area contributed by atoms with Crippen LogP contribution in [-0.2, 0) is 6.54 Å². The molecule has 1 aliphatic heterocycles. The van der Waals surface area contributed by atoms with Gasteiger partial charge in [0.1, 0.15) is 5.76 Å². The maximum absolute atomic E-state index is 5.36. The summed E-state index contributed by atoms with van der Waals surface area (Å²) in [5, 5.41) is 0. The number of hydrogen-bond acceptors (Lipinski definition) is 3. The first-order valence-corrected chi connectivity index (χ1v) is 5.74. The fourth-order valence-electron chi connectivity index (χ4n) is 2.06. The number of nitrogens with zero attached hydrogens (tertiary/aromatic N) is 2. The zero-order valence-electron chi connectivity index (χ0n) is 9.65. The molecule has 0 aliphatic carbocycles. The predicted octanol–water partition coefficient (Wildman–Crippen LogP) is 1.81. The lowest BCUT2D eigenvalue weighted by atomic mass is 10.2. The summed E-state index contributed by atoms with van der Waals surface area (Å²) in [6, 6.07) is 4.69. The summed E-state index contributed by atoms with van der Waals surface area (Å²) in [6.07, 6.45) is 1.75. The Morgan fingerprint density at radius 2 is 2.00 bits per heavy atom. The summed E-state index contributed by atoms with van der Waals surface area (Å²) in [5.41, 5.74) is 0. The molecule has 15 heavy (non-hydrogen) atoms. The van der Waals surface area contributed by atoms with Crippen LogP contribution in [0.4, 0.5) is 0 Å². The van der Waals surface area contributed by atoms with Crippen molar-refractivity contribution in [3.05, 3.63) is 24.2 Å². The van der Waals surface area contributed by atoms with Crippen molar-refractivity contribution in [2.24, 2.45) is 0 Å². The van der Waals surface area contributed by atoms with Gasteiger partial charge in [-0.25, -0.2) is 0 Å². The summed E-state index contributed by atoms with van der Waals surface area (Å²) < 4.78 is 5.36. The van der Waals surface area contributed by atoms with Gasteiger partial charge in [0.2, 0.25) is 0 Å². The normalized spacial score (nSPS) is 19.9. The van der Waals surface area contributed by atoms with Crippen LogP contribution in [0, 0.1) is 0 Å². The molecule has 0 spiro atoms. The van der Waals surface area contributed by atoms with Crippen molar-refractivity contribution >= 4 is 0 Å². The van der Waals surface area contributed by atoms with E-state index in [0.717, 1.165) is 25.4 Å². The first kappa shape index (κ1) is 10.7. The molecule has 3 heteroatoms. The summed E-state index contributed by atoms with van der Waals surface area (Å²) in [7, 11) is 0. The van der Waals surface area contributed by atoms with Gasteiger partial charge >= 0.3 is 0 Å². The van der Waals surface area contributed by atoms with Crippen molar-refractivity contribution < 1.29 is 4.42 Å². The molecule has 1 aromatic rings. The Balaban J connectivity index is 1.79. The maximum atomic E-state index is 5.36. The quantitative estimate of drug-likeness (QED) is 0.755. The minimum Gasteiger partial charge on any atom is -0.468 e. The monoisotopic (exact) mass is 208 g/mol. The first-order valence-electron chi connectivity index (χ1n) is 5.74. The van der Waals surface area contributed by atoms with Gasteiger partial charge in [0.05, 0.1) is 12.8 Å². The standard InChI is InChI=1S/C12H20N2O/c1-11(2)14-7-5-13(6-8-14)10-12-4-3-9-15-12/h3-4,9,11H,5-8,10H2,1-2H3. The van der Waals surface area contributed by atoms with Crippen molar-refractivity contribution in [1.29, 1.82) is 0 Å². The second-order valence-electron chi connectivity index (χ2n) is 4.49. The third-order valence-electron chi connectivity index (χ3n) is 3.10. The lowest BCUT2D eigenvalue weighted by Crippen LogP contribution is -2.48. The molecule has 1 aromatic heterocycles. The molecule has 2 rings (SSSR count). The first-order chi connectivity index (χ1) is 7.25. The minimum atomic E-state index is 0.677. The topological polar surface area (TPSA) is 19.6 Å². The van der Waals surface area contributed by atoms with Crippen LogP contribution < -0.4 is 0 Å². The average Bonchev–Trinajstić information content (AvgIpc) is 2.71. The van der Waals surface area contributed by atoms with Gasteiger partial charge in [0.25, 0.3) is 0 Å². The average molecular weight is 208 g/mol. The van der Waals surface area contributed by atoms with Gasteiger partial charge in [-0.15, -0.1) is 0 Å². The Bertz CT molecular complexity index is 274. The molecule has 84 valence electrons. The molecule has 0 unspecified atom stereocenters. The second kappa shape index (κ2) is 4.81. The van der Waals surface area contributed by atoms with Crippen molar-refractivity contribution in [2.75, 3.05) is 26.2 Å². The summed E-state index contributed by atoms with van der Waals surface area (Å²) in [4.78, 5) is 4.98. The highest BCUT2D eigenvalue weighted by atomic mass is 16.3. The van der Waals surface area contributed by atoms with Gasteiger partial charge in [0, 0.05) is 32.2 Å². The molecule has 0 N–H and O–H groups in total. The van der Waals surface area contributed by atoms with E-state index in [1.54, 1.807) is 6.26 Å². The largest absolute Gasteiger partial charge is 0.468 e. The number of furan rings is 1. The van der Waals surface area contributed by atoms with Gasteiger partial charge in [-0.3, -0.25) is 9.80 Å². The van der Waals surface area contributed by atoms with Crippen LogP contribution in [0.25, 0.3) is 0 Å². The molecule has 0 aromatic carbocycles. The van der Waals surface area contributed by atoms with E-state index < -0.39 is 0 Å². The van der Waals surface area contributed by atoms with Crippen LogP contribution in [0.15, 0.2) is 22.8 Å². The summed E-state index contributed by atoms with van der Waals surface area (Å²) in [5.74, 6) is 1.08. The van der Waals surface area contributed by atoms with Crippen molar-refractivity contribution in [3.63, 3.8) is 0 Å². The van der Waals surface area contributed by atoms with Crippen molar-refractivity contribution in [2.45, 2.75) is 26.4 Å². The maximum Gasteiger partial charge on any atom is 0.117 e. The SMILES string of the molecule is CC(C)N1CCN(Cc2ccco2)CC1. The second-order valence-corrected chi connectivity index (χ2v) is 4.49. The van der Waals surface area contributed by atoms with E-state index >= 15 is 0 Å². The molecular formula is C12H20N2O. The van der Waals surface area contributed by atoms with Gasteiger partial charge in [0.15, 0.2) is 0 Å². The van der Waals surface area contributed by atoms with Gasteiger partial charge in [-0.2, -0.15) is 0 Å². The molecule has 0 amide bonds. The molecule has 0 saturated carbocycles. The summed E-state index contributed by atoms with van der Waals surface area (Å²) >= 11 is 0. The van der Waals surface area contributed by atoms with Crippen LogP contribution in [0.5, 0.6) is 0 Å². The molecule has 1 aliphatic rings. The molecule has 0 atom stereocenters. The van der Waals surface area contributed by atoms with Crippen molar-refractivity contribution in [1.82, 2.24) is 9.80 Å². The minimum absolute atomic E-state index is 0.677. The Labute approximate surface area is 91.7 Å². The highest BCUT2D eigenvalue weighted by Crippen LogP contribution is 2.10. The molecule has 1 fully saturated rings. The lowest BCUT2D eigenvalue weighted by molar-refractivity contribution is 0.0991. The fraction of sp³-hybridized carbons (Fsp3) is 0.667. The van der Waals surface area contributed by atoms with Crippen LogP contribution in [0.1, 0.15) is 19.6 Å². The van der Waals surface area contributed by atoms with Crippen LogP contribution >= 0.6 is 0 Å². The van der Waals surface area contributed by atoms with E-state index in [4.69, 9.17) is 4.42 Å². The van der Waals surface area contributed by atoms with E-state index in [1.165, 1.54) is 13.1 Å². The molecule has 2 heterocycles. The number of piperazine rings is 1. The third kappa shape index (κ3) is 2.83. The Kier molecular flexibility index (Phi) is 3.44. The molecular weight excluding hydrogens is 188 g/mol. The smallest absolute Gasteiger partial charge is 0.117 e. The third-order valence-corrected chi connectivity index (χ3v) is 3.10. The predicted molar refractivity (Wildman–Crippen MR) is 60.7 cm³/mol. The zero-order chi connectivity index (χ0) is 10.7. The molecule has 3 nitrogen and oxygen atoms in total. The van der Waals surface area contributed by atoms with E-state index in [2.05, 4.69) is 29.7 Å². The fourth-order valence-corrected chi connectivity index (χ4v) is 2.06. The van der Waals surface area contributed by atoms with Crippen LogP contribution in [0.2, 0.25) is 0 Å². The number of hydrogen-bond donors (Lipinski definition) is 0. The Morgan fingerprint density at radius 3 is 2.53 bits per heavy atom. The number of rotatable bonds is 3. The molecule has 0 bridgehead atoms. The Hall–Kier alpha value is -0.800. The van der Waals surface area contributed by atoms with E-state index in [1.807, 2.05) is 6.07 Å². The van der Waals surface area contributed by atoms with Gasteiger partial charge < -0.3 is 4.42 Å². The van der Waals surface area contributed by atoms with Gasteiger partial charge in [-0.1, -0.05) is 0 Å². The Morgan fingerprint density at radius 1 is 1.27 bits per heavy atom. The highest BCUT2D eigenvalue weighted by molar-refractivity contribution is 4.98. The van der Waals surface area contributed by atoms with Gasteiger partial charge in [-0.05, 0) is 26.0 Å².